The fourth-order valence-electron chi connectivity index (χ4n) is 1.38. The van der Waals surface area contributed by atoms with Crippen LogP contribution in [0, 0.1) is 6.92 Å². The number of aryl methyl sites for hydroxylation is 1. The third-order valence-electron chi connectivity index (χ3n) is 2.15. The molecule has 100 valence electrons. The molecule has 0 atom stereocenters. The Morgan fingerprint density at radius 1 is 1.44 bits per heavy atom. The van der Waals surface area contributed by atoms with Gasteiger partial charge in [-0.25, -0.2) is 8.42 Å². The van der Waals surface area contributed by atoms with Gasteiger partial charge in [0.05, 0.1) is 4.90 Å². The molecule has 0 aliphatic carbocycles. The van der Waals surface area contributed by atoms with Crippen LogP contribution in [0.1, 0.15) is 12.5 Å². The number of nitrogens with one attached hydrogen (secondary N) is 1. The highest BCUT2D eigenvalue weighted by molar-refractivity contribution is 8.13. The molecule has 1 amide bonds. The van der Waals surface area contributed by atoms with Crippen molar-refractivity contribution in [1.82, 2.24) is 5.32 Å². The molecule has 0 spiro atoms. The summed E-state index contributed by atoms with van der Waals surface area (Å²) in [5.41, 5.74) is 0.471. The van der Waals surface area contributed by atoms with Crippen molar-refractivity contribution in [2.45, 2.75) is 18.7 Å². The molecule has 0 aliphatic rings. The van der Waals surface area contributed by atoms with E-state index in [1.54, 1.807) is 6.92 Å². The zero-order chi connectivity index (χ0) is 13.8. The number of likely N-dealkylation sites (N-methyl/N-ethyl adjacent to an activating group) is 1. The largest absolute Gasteiger partial charge is 0.484 e. The summed E-state index contributed by atoms with van der Waals surface area (Å²) in [6.45, 7) is 3.83. The quantitative estimate of drug-likeness (QED) is 0.833. The zero-order valence-corrected chi connectivity index (χ0v) is 11.6. The second kappa shape index (κ2) is 6.06. The fourth-order valence-corrected chi connectivity index (χ4v) is 2.58. The van der Waals surface area contributed by atoms with Crippen molar-refractivity contribution in [2.75, 3.05) is 13.2 Å². The molecule has 0 saturated heterocycles. The van der Waals surface area contributed by atoms with Crippen LogP contribution in [0.25, 0.3) is 0 Å². The number of ether oxygens (including phenoxy) is 1. The average Bonchev–Trinajstić information content (AvgIpc) is 2.25. The summed E-state index contributed by atoms with van der Waals surface area (Å²) < 4.78 is 27.6. The first-order chi connectivity index (χ1) is 8.34. The van der Waals surface area contributed by atoms with E-state index in [4.69, 9.17) is 15.4 Å². The number of benzene rings is 1. The van der Waals surface area contributed by atoms with Crippen LogP contribution in [0.3, 0.4) is 0 Å². The Kier molecular flexibility index (Phi) is 4.98. The first kappa shape index (κ1) is 14.8. The molecule has 1 rings (SSSR count). The number of carbonyl (C=O) groups excluding carboxylic acids is 1. The van der Waals surface area contributed by atoms with Gasteiger partial charge < -0.3 is 10.1 Å². The van der Waals surface area contributed by atoms with Gasteiger partial charge in [-0.1, -0.05) is 0 Å². The Morgan fingerprint density at radius 3 is 2.61 bits per heavy atom. The summed E-state index contributed by atoms with van der Waals surface area (Å²) in [5.74, 6) is 0.187. The Labute approximate surface area is 111 Å². The first-order valence-corrected chi connectivity index (χ1v) is 7.60. The molecule has 1 N–H and O–H groups in total. The monoisotopic (exact) mass is 291 g/mol. The lowest BCUT2D eigenvalue weighted by molar-refractivity contribution is -0.122. The van der Waals surface area contributed by atoms with Crippen LogP contribution in [0.4, 0.5) is 0 Å². The van der Waals surface area contributed by atoms with Crippen LogP contribution in [0.5, 0.6) is 5.75 Å². The third-order valence-corrected chi connectivity index (χ3v) is 3.64. The van der Waals surface area contributed by atoms with E-state index in [2.05, 4.69) is 5.32 Å². The van der Waals surface area contributed by atoms with E-state index in [0.29, 0.717) is 17.9 Å². The first-order valence-electron chi connectivity index (χ1n) is 5.29. The highest BCUT2D eigenvalue weighted by Crippen LogP contribution is 2.23. The van der Waals surface area contributed by atoms with Crippen LogP contribution in [-0.2, 0) is 13.8 Å². The van der Waals surface area contributed by atoms with Crippen molar-refractivity contribution in [2.24, 2.45) is 0 Å². The number of hydrogen-bond acceptors (Lipinski definition) is 4. The molecule has 1 aromatic rings. The molecule has 0 heterocycles. The predicted molar refractivity (Wildman–Crippen MR) is 68.4 cm³/mol. The Hall–Kier alpha value is -1.27. The fraction of sp³-hybridized carbons (Fsp3) is 0.364. The molecule has 0 radical (unpaired) electrons. The summed E-state index contributed by atoms with van der Waals surface area (Å²) in [4.78, 5) is 11.2. The highest BCUT2D eigenvalue weighted by atomic mass is 35.7. The lowest BCUT2D eigenvalue weighted by Gasteiger charge is -2.08. The van der Waals surface area contributed by atoms with E-state index in [0.717, 1.165) is 0 Å². The minimum absolute atomic E-state index is 0.0366. The van der Waals surface area contributed by atoms with Gasteiger partial charge in [0, 0.05) is 17.2 Å². The number of hydrogen-bond donors (Lipinski definition) is 1. The summed E-state index contributed by atoms with van der Waals surface area (Å²) in [6.07, 6.45) is 0. The van der Waals surface area contributed by atoms with E-state index in [1.165, 1.54) is 18.2 Å². The van der Waals surface area contributed by atoms with Gasteiger partial charge in [-0.15, -0.1) is 0 Å². The van der Waals surface area contributed by atoms with Crippen LogP contribution >= 0.6 is 10.7 Å². The normalized spacial score (nSPS) is 11.1. The maximum Gasteiger partial charge on any atom is 0.261 e. The third kappa shape index (κ3) is 4.19. The average molecular weight is 292 g/mol. The Bertz CT molecular complexity index is 542. The SMILES string of the molecule is CCNC(=O)COc1ccc(S(=O)(=O)Cl)c(C)c1. The predicted octanol–water partition coefficient (Wildman–Crippen LogP) is 1.44. The second-order valence-corrected chi connectivity index (χ2v) is 6.14. The molecule has 0 aliphatic heterocycles. The van der Waals surface area contributed by atoms with Crippen molar-refractivity contribution in [3.8, 4) is 5.75 Å². The van der Waals surface area contributed by atoms with Gasteiger partial charge in [0.1, 0.15) is 5.75 Å². The molecular weight excluding hydrogens is 278 g/mol. The second-order valence-electron chi connectivity index (χ2n) is 3.61. The van der Waals surface area contributed by atoms with E-state index in [-0.39, 0.29) is 17.4 Å². The summed E-state index contributed by atoms with van der Waals surface area (Å²) in [5, 5.41) is 2.59. The van der Waals surface area contributed by atoms with Crippen molar-refractivity contribution < 1.29 is 17.9 Å². The van der Waals surface area contributed by atoms with Gasteiger partial charge in [-0.3, -0.25) is 4.79 Å². The molecule has 0 unspecified atom stereocenters. The lowest BCUT2D eigenvalue weighted by atomic mass is 10.2. The number of amides is 1. The molecule has 0 fully saturated rings. The van der Waals surface area contributed by atoms with Crippen LogP contribution in [-0.4, -0.2) is 27.5 Å². The molecule has 5 nitrogen and oxygen atoms in total. The maximum absolute atomic E-state index is 11.2. The Morgan fingerprint density at radius 2 is 2.11 bits per heavy atom. The number of halogens is 1. The molecular formula is C11H14ClNO4S. The van der Waals surface area contributed by atoms with Crippen LogP contribution in [0.15, 0.2) is 23.1 Å². The van der Waals surface area contributed by atoms with E-state index in [1.807, 2.05) is 6.92 Å². The lowest BCUT2D eigenvalue weighted by Crippen LogP contribution is -2.28. The maximum atomic E-state index is 11.2. The molecule has 7 heteroatoms. The number of carbonyl (C=O) groups is 1. The van der Waals surface area contributed by atoms with E-state index >= 15 is 0 Å². The minimum Gasteiger partial charge on any atom is -0.484 e. The van der Waals surface area contributed by atoms with Crippen LogP contribution < -0.4 is 10.1 Å². The molecule has 0 saturated carbocycles. The van der Waals surface area contributed by atoms with Crippen LogP contribution in [0.2, 0.25) is 0 Å². The molecule has 1 aromatic carbocycles. The topological polar surface area (TPSA) is 72.5 Å². The minimum atomic E-state index is -3.75. The number of rotatable bonds is 5. The van der Waals surface area contributed by atoms with Gasteiger partial charge >= 0.3 is 0 Å². The Balaban J connectivity index is 2.77. The highest BCUT2D eigenvalue weighted by Gasteiger charge is 2.13. The summed E-state index contributed by atoms with van der Waals surface area (Å²) in [6, 6.07) is 4.33. The van der Waals surface area contributed by atoms with E-state index in [9.17, 15) is 13.2 Å². The molecule has 0 bridgehead atoms. The van der Waals surface area contributed by atoms with Gasteiger partial charge in [-0.05, 0) is 37.6 Å². The standard InChI is InChI=1S/C11H14ClNO4S/c1-3-13-11(14)7-17-9-4-5-10(8(2)6-9)18(12,15)16/h4-6H,3,7H2,1-2H3,(H,13,14). The molecule has 0 aromatic heterocycles. The van der Waals surface area contributed by atoms with Gasteiger partial charge in [0.25, 0.3) is 15.0 Å². The zero-order valence-electron chi connectivity index (χ0n) is 10.1. The van der Waals surface area contributed by atoms with Gasteiger partial charge in [0.2, 0.25) is 0 Å². The van der Waals surface area contributed by atoms with Crippen molar-refractivity contribution in [3.63, 3.8) is 0 Å². The van der Waals surface area contributed by atoms with Gasteiger partial charge in [-0.2, -0.15) is 0 Å². The van der Waals surface area contributed by atoms with Gasteiger partial charge in [0.15, 0.2) is 6.61 Å². The summed E-state index contributed by atoms with van der Waals surface area (Å²) >= 11 is 0. The molecule has 18 heavy (non-hydrogen) atoms. The summed E-state index contributed by atoms with van der Waals surface area (Å²) in [7, 11) is 1.50. The van der Waals surface area contributed by atoms with Crippen molar-refractivity contribution >= 4 is 25.6 Å². The van der Waals surface area contributed by atoms with Crippen molar-refractivity contribution in [1.29, 1.82) is 0 Å². The smallest absolute Gasteiger partial charge is 0.261 e. The van der Waals surface area contributed by atoms with E-state index < -0.39 is 9.05 Å². The van der Waals surface area contributed by atoms with Crippen molar-refractivity contribution in [3.05, 3.63) is 23.8 Å².